The van der Waals surface area contributed by atoms with Crippen LogP contribution in [0.1, 0.15) is 30.9 Å². The van der Waals surface area contributed by atoms with Crippen LogP contribution in [0.3, 0.4) is 0 Å². The summed E-state index contributed by atoms with van der Waals surface area (Å²) in [6, 6.07) is 7.95. The van der Waals surface area contributed by atoms with Crippen molar-refractivity contribution in [2.45, 2.75) is 26.2 Å². The third-order valence-corrected chi connectivity index (χ3v) is 4.41. The topological polar surface area (TPSA) is 43.4 Å². The molecule has 0 fully saturated rings. The molecule has 1 unspecified atom stereocenters. The van der Waals surface area contributed by atoms with E-state index in [0.717, 1.165) is 22.3 Å². The van der Waals surface area contributed by atoms with Gasteiger partial charge in [0.25, 0.3) is 0 Å². The van der Waals surface area contributed by atoms with Gasteiger partial charge in [0, 0.05) is 6.42 Å². The molecule has 0 saturated heterocycles. The third-order valence-electron chi connectivity index (χ3n) is 4.41. The maximum atomic E-state index is 12.3. The van der Waals surface area contributed by atoms with Crippen molar-refractivity contribution < 1.29 is 14.3 Å². The van der Waals surface area contributed by atoms with E-state index < -0.39 is 5.41 Å². The van der Waals surface area contributed by atoms with Gasteiger partial charge in [0.15, 0.2) is 5.78 Å². The molecule has 0 aromatic heterocycles. The maximum Gasteiger partial charge on any atom is 0.316 e. The molecular formula is C16H16O3. The summed E-state index contributed by atoms with van der Waals surface area (Å²) in [6.07, 6.45) is 1.63. The van der Waals surface area contributed by atoms with Crippen LogP contribution in [-0.2, 0) is 20.7 Å². The number of ketones is 1. The molecule has 2 aliphatic rings. The summed E-state index contributed by atoms with van der Waals surface area (Å²) in [7, 11) is 1.42. The standard InChI is InChI=1S/C16H16O3/c1-10-13(17)7-8-16(15(18)19-2)9-11-5-3-4-6-12(11)14(10)16/h3-6H,7-9H2,1-2H3. The Morgan fingerprint density at radius 2 is 2.05 bits per heavy atom. The Morgan fingerprint density at radius 3 is 2.79 bits per heavy atom. The molecule has 1 aromatic rings. The lowest BCUT2D eigenvalue weighted by Crippen LogP contribution is -2.36. The zero-order valence-electron chi connectivity index (χ0n) is 11.2. The quantitative estimate of drug-likeness (QED) is 0.725. The Bertz CT molecular complexity index is 612. The van der Waals surface area contributed by atoms with Crippen molar-refractivity contribution in [1.82, 2.24) is 0 Å². The molecule has 0 radical (unpaired) electrons. The molecule has 0 aliphatic heterocycles. The van der Waals surface area contributed by atoms with E-state index in [1.807, 2.05) is 31.2 Å². The highest BCUT2D eigenvalue weighted by atomic mass is 16.5. The molecule has 2 aliphatic carbocycles. The lowest BCUT2D eigenvalue weighted by molar-refractivity contribution is -0.149. The van der Waals surface area contributed by atoms with Crippen LogP contribution in [0.5, 0.6) is 0 Å². The highest BCUT2D eigenvalue weighted by Gasteiger charge is 2.52. The summed E-state index contributed by atoms with van der Waals surface area (Å²) in [5.41, 5.74) is 3.15. The Kier molecular flexibility index (Phi) is 2.59. The first-order valence-corrected chi connectivity index (χ1v) is 6.51. The fraction of sp³-hybridized carbons (Fsp3) is 0.375. The Hall–Kier alpha value is -1.90. The molecule has 3 heteroatoms. The molecule has 0 amide bonds. The van der Waals surface area contributed by atoms with E-state index in [4.69, 9.17) is 4.74 Å². The van der Waals surface area contributed by atoms with Gasteiger partial charge in [-0.1, -0.05) is 24.3 Å². The number of carbonyl (C=O) groups is 2. The minimum atomic E-state index is -0.642. The third kappa shape index (κ3) is 1.51. The van der Waals surface area contributed by atoms with Crippen LogP contribution in [0.15, 0.2) is 29.8 Å². The molecule has 3 rings (SSSR count). The van der Waals surface area contributed by atoms with Gasteiger partial charge < -0.3 is 4.74 Å². The van der Waals surface area contributed by atoms with Gasteiger partial charge in [-0.05, 0) is 42.0 Å². The van der Waals surface area contributed by atoms with Crippen molar-refractivity contribution in [3.63, 3.8) is 0 Å². The van der Waals surface area contributed by atoms with Crippen LogP contribution in [0.25, 0.3) is 5.57 Å². The minimum Gasteiger partial charge on any atom is -0.468 e. The van der Waals surface area contributed by atoms with E-state index >= 15 is 0 Å². The van der Waals surface area contributed by atoms with Gasteiger partial charge >= 0.3 is 5.97 Å². The van der Waals surface area contributed by atoms with Gasteiger partial charge in [-0.25, -0.2) is 0 Å². The maximum absolute atomic E-state index is 12.3. The van der Waals surface area contributed by atoms with E-state index in [9.17, 15) is 9.59 Å². The number of ether oxygens (including phenoxy) is 1. The van der Waals surface area contributed by atoms with E-state index in [1.54, 1.807) is 0 Å². The Labute approximate surface area is 112 Å². The van der Waals surface area contributed by atoms with Gasteiger partial charge in [-0.15, -0.1) is 0 Å². The van der Waals surface area contributed by atoms with E-state index in [2.05, 4.69) is 0 Å². The molecule has 19 heavy (non-hydrogen) atoms. The summed E-state index contributed by atoms with van der Waals surface area (Å²) >= 11 is 0. The SMILES string of the molecule is COC(=O)C12CCC(=O)C(C)=C1c1ccccc1C2. The van der Waals surface area contributed by atoms with Crippen molar-refractivity contribution in [3.05, 3.63) is 41.0 Å². The van der Waals surface area contributed by atoms with Crippen LogP contribution >= 0.6 is 0 Å². The number of Topliss-reactive ketones (excluding diaryl/α,β-unsaturated/α-hetero) is 1. The number of methoxy groups -OCH3 is 1. The van der Waals surface area contributed by atoms with Gasteiger partial charge in [-0.2, -0.15) is 0 Å². The zero-order chi connectivity index (χ0) is 13.6. The molecular weight excluding hydrogens is 240 g/mol. The molecule has 0 saturated carbocycles. The van der Waals surface area contributed by atoms with Gasteiger partial charge in [0.1, 0.15) is 0 Å². The average molecular weight is 256 g/mol. The second kappa shape index (κ2) is 4.05. The van der Waals surface area contributed by atoms with Crippen LogP contribution in [-0.4, -0.2) is 18.9 Å². The first-order valence-electron chi connectivity index (χ1n) is 6.51. The van der Waals surface area contributed by atoms with E-state index in [-0.39, 0.29) is 11.8 Å². The van der Waals surface area contributed by atoms with Crippen molar-refractivity contribution in [2.75, 3.05) is 7.11 Å². The largest absolute Gasteiger partial charge is 0.468 e. The normalized spacial score (nSPS) is 25.1. The highest BCUT2D eigenvalue weighted by Crippen LogP contribution is 2.54. The van der Waals surface area contributed by atoms with E-state index in [0.29, 0.717) is 19.3 Å². The van der Waals surface area contributed by atoms with Crippen LogP contribution < -0.4 is 0 Å². The fourth-order valence-electron chi connectivity index (χ4n) is 3.49. The molecule has 1 aromatic carbocycles. The van der Waals surface area contributed by atoms with Crippen molar-refractivity contribution >= 4 is 17.3 Å². The zero-order valence-corrected chi connectivity index (χ0v) is 11.2. The summed E-state index contributed by atoms with van der Waals surface area (Å²) in [4.78, 5) is 24.3. The van der Waals surface area contributed by atoms with Crippen LogP contribution in [0.2, 0.25) is 0 Å². The predicted octanol–water partition coefficient (Wildman–Crippen LogP) is 2.54. The number of hydrogen-bond acceptors (Lipinski definition) is 3. The van der Waals surface area contributed by atoms with Gasteiger partial charge in [0.05, 0.1) is 12.5 Å². The number of hydrogen-bond donors (Lipinski definition) is 0. The number of rotatable bonds is 1. The Morgan fingerprint density at radius 1 is 1.32 bits per heavy atom. The van der Waals surface area contributed by atoms with Gasteiger partial charge in [-0.3, -0.25) is 9.59 Å². The molecule has 98 valence electrons. The first kappa shape index (κ1) is 12.2. The number of carbonyl (C=O) groups excluding carboxylic acids is 2. The molecule has 3 nitrogen and oxygen atoms in total. The fourth-order valence-corrected chi connectivity index (χ4v) is 3.49. The van der Waals surface area contributed by atoms with Crippen LogP contribution in [0, 0.1) is 5.41 Å². The van der Waals surface area contributed by atoms with Crippen molar-refractivity contribution in [1.29, 1.82) is 0 Å². The molecule has 0 heterocycles. The van der Waals surface area contributed by atoms with Crippen LogP contribution in [0.4, 0.5) is 0 Å². The van der Waals surface area contributed by atoms with Crippen molar-refractivity contribution in [3.8, 4) is 0 Å². The average Bonchev–Trinajstić information content (AvgIpc) is 2.78. The number of esters is 1. The Balaban J connectivity index is 2.28. The second-order valence-electron chi connectivity index (χ2n) is 5.33. The summed E-state index contributed by atoms with van der Waals surface area (Å²) in [6.45, 7) is 1.83. The van der Waals surface area contributed by atoms with Gasteiger partial charge in [0.2, 0.25) is 0 Å². The summed E-state index contributed by atoms with van der Waals surface area (Å²) in [5.74, 6) is -0.0724. The second-order valence-corrected chi connectivity index (χ2v) is 5.33. The lowest BCUT2D eigenvalue weighted by atomic mass is 9.70. The smallest absolute Gasteiger partial charge is 0.316 e. The highest BCUT2D eigenvalue weighted by molar-refractivity contribution is 6.11. The predicted molar refractivity (Wildman–Crippen MR) is 71.4 cm³/mol. The summed E-state index contributed by atoms with van der Waals surface area (Å²) in [5, 5.41) is 0. The molecule has 0 N–H and O–H groups in total. The number of fused-ring (bicyclic) bond motifs is 3. The molecule has 0 bridgehead atoms. The summed E-state index contributed by atoms with van der Waals surface area (Å²) < 4.78 is 5.02. The molecule has 1 atom stereocenters. The monoisotopic (exact) mass is 256 g/mol. The lowest BCUT2D eigenvalue weighted by Gasteiger charge is -2.32. The molecule has 0 spiro atoms. The van der Waals surface area contributed by atoms with Crippen molar-refractivity contribution in [2.24, 2.45) is 5.41 Å². The number of allylic oxidation sites excluding steroid dienone is 1. The minimum absolute atomic E-state index is 0.145. The number of benzene rings is 1. The first-order chi connectivity index (χ1) is 9.10. The van der Waals surface area contributed by atoms with E-state index in [1.165, 1.54) is 7.11 Å².